The van der Waals surface area contributed by atoms with Crippen LogP contribution in [-0.2, 0) is 6.42 Å². The molecule has 17 heavy (non-hydrogen) atoms. The average Bonchev–Trinajstić information content (AvgIpc) is 2.58. The number of rotatable bonds is 2. The smallest absolute Gasteiger partial charge is 0.129 e. The van der Waals surface area contributed by atoms with Crippen molar-refractivity contribution in [2.75, 3.05) is 0 Å². The Kier molecular flexibility index (Phi) is 2.96. The number of aromatic nitrogens is 2. The molecule has 0 bridgehead atoms. The van der Waals surface area contributed by atoms with Crippen LogP contribution in [0.15, 0.2) is 12.1 Å². The Balaban J connectivity index is 2.62. The molecule has 2 aromatic rings. The fourth-order valence-electron chi connectivity index (χ4n) is 1.96. The Bertz CT molecular complexity index is 516. The van der Waals surface area contributed by atoms with Crippen molar-refractivity contribution in [3.8, 4) is 11.1 Å². The summed E-state index contributed by atoms with van der Waals surface area (Å²) in [6, 6.07) is 2.66. The first-order valence-electron chi connectivity index (χ1n) is 5.33. The van der Waals surface area contributed by atoms with E-state index in [0.717, 1.165) is 17.0 Å². The van der Waals surface area contributed by atoms with Gasteiger partial charge in [0, 0.05) is 16.8 Å². The van der Waals surface area contributed by atoms with E-state index in [2.05, 4.69) is 17.1 Å². The molecule has 89 valence electrons. The zero-order chi connectivity index (χ0) is 12.6. The molecule has 4 heteroatoms. The molecule has 0 saturated heterocycles. The molecule has 0 aliphatic heterocycles. The van der Waals surface area contributed by atoms with E-state index in [0.29, 0.717) is 5.56 Å². The van der Waals surface area contributed by atoms with E-state index in [9.17, 15) is 8.78 Å². The van der Waals surface area contributed by atoms with Gasteiger partial charge in [-0.25, -0.2) is 8.78 Å². The normalized spacial score (nSPS) is 10.9. The van der Waals surface area contributed by atoms with Crippen molar-refractivity contribution in [2.45, 2.75) is 20.3 Å². The Morgan fingerprint density at radius 1 is 1.24 bits per heavy atom. The van der Waals surface area contributed by atoms with Gasteiger partial charge in [-0.1, -0.05) is 0 Å². The van der Waals surface area contributed by atoms with Gasteiger partial charge in [0.05, 0.1) is 5.69 Å². The first-order chi connectivity index (χ1) is 8.04. The van der Waals surface area contributed by atoms with Gasteiger partial charge in [-0.15, -0.1) is 0 Å². The molecule has 0 unspecified atom stereocenters. The highest BCUT2D eigenvalue weighted by Gasteiger charge is 2.14. The Labute approximate surface area is 98.7 Å². The number of benzene rings is 1. The van der Waals surface area contributed by atoms with Crippen molar-refractivity contribution in [1.82, 2.24) is 10.2 Å². The second-order valence-corrected chi connectivity index (χ2v) is 3.98. The Morgan fingerprint density at radius 2 is 1.82 bits per heavy atom. The first-order valence-corrected chi connectivity index (χ1v) is 5.33. The number of aryl methyl sites for hydroxylation is 2. The minimum Gasteiger partial charge on any atom is -0.282 e. The molecule has 1 N–H and O–H groups in total. The number of H-pyrrole nitrogens is 1. The highest BCUT2D eigenvalue weighted by molar-refractivity contribution is 5.68. The van der Waals surface area contributed by atoms with Crippen LogP contribution in [0.5, 0.6) is 0 Å². The van der Waals surface area contributed by atoms with E-state index < -0.39 is 11.6 Å². The van der Waals surface area contributed by atoms with Gasteiger partial charge in [0.2, 0.25) is 0 Å². The molecule has 1 aromatic carbocycles. The predicted molar refractivity (Wildman–Crippen MR) is 62.5 cm³/mol. The van der Waals surface area contributed by atoms with Crippen LogP contribution in [0, 0.1) is 32.4 Å². The first kappa shape index (κ1) is 11.8. The van der Waals surface area contributed by atoms with Crippen LogP contribution in [0.1, 0.15) is 17.0 Å². The summed E-state index contributed by atoms with van der Waals surface area (Å²) in [4.78, 5) is 0. The number of hydrogen-bond acceptors (Lipinski definition) is 1. The number of aromatic amines is 1. The Hall–Kier alpha value is -1.71. The van der Waals surface area contributed by atoms with Crippen molar-refractivity contribution < 1.29 is 8.78 Å². The molecule has 0 aliphatic rings. The molecular weight excluding hydrogens is 222 g/mol. The van der Waals surface area contributed by atoms with Crippen molar-refractivity contribution >= 4 is 0 Å². The van der Waals surface area contributed by atoms with Crippen LogP contribution in [0.25, 0.3) is 11.1 Å². The topological polar surface area (TPSA) is 28.7 Å². The summed E-state index contributed by atoms with van der Waals surface area (Å²) in [6.07, 6.45) is 0.0985. The lowest BCUT2D eigenvalue weighted by molar-refractivity contribution is 0.563. The van der Waals surface area contributed by atoms with Gasteiger partial charge in [0.25, 0.3) is 0 Å². The average molecular weight is 235 g/mol. The molecule has 1 heterocycles. The summed E-state index contributed by atoms with van der Waals surface area (Å²) in [6.45, 7) is 7.12. The summed E-state index contributed by atoms with van der Waals surface area (Å²) in [5.41, 5.74) is 2.79. The molecule has 0 amide bonds. The second-order valence-electron chi connectivity index (χ2n) is 3.98. The van der Waals surface area contributed by atoms with E-state index in [-0.39, 0.29) is 12.0 Å². The lowest BCUT2D eigenvalue weighted by Crippen LogP contribution is -1.95. The predicted octanol–water partition coefficient (Wildman–Crippen LogP) is 3.35. The minimum atomic E-state index is -0.560. The maximum absolute atomic E-state index is 13.7. The lowest BCUT2D eigenvalue weighted by Gasteiger charge is -2.06. The molecule has 0 atom stereocenters. The fraction of sp³-hybridized carbons (Fsp3) is 0.231. The summed E-state index contributed by atoms with van der Waals surface area (Å²) >= 11 is 0. The summed E-state index contributed by atoms with van der Waals surface area (Å²) in [5.74, 6) is -1.12. The van der Waals surface area contributed by atoms with Gasteiger partial charge in [-0.2, -0.15) is 5.10 Å². The molecule has 0 spiro atoms. The summed E-state index contributed by atoms with van der Waals surface area (Å²) in [7, 11) is 0. The van der Waals surface area contributed by atoms with Gasteiger partial charge in [0.15, 0.2) is 0 Å². The van der Waals surface area contributed by atoms with E-state index in [1.54, 1.807) is 6.92 Å². The summed E-state index contributed by atoms with van der Waals surface area (Å²) < 4.78 is 27.3. The molecule has 2 rings (SSSR count). The third-order valence-electron chi connectivity index (χ3n) is 2.81. The zero-order valence-corrected chi connectivity index (χ0v) is 9.77. The fourth-order valence-corrected chi connectivity index (χ4v) is 1.96. The van der Waals surface area contributed by atoms with Crippen molar-refractivity contribution in [1.29, 1.82) is 0 Å². The van der Waals surface area contributed by atoms with Gasteiger partial charge in [-0.05, 0) is 44.9 Å². The monoisotopic (exact) mass is 235 g/mol. The molecule has 1 aromatic heterocycles. The molecule has 0 saturated carbocycles. The van der Waals surface area contributed by atoms with Crippen LogP contribution in [0.2, 0.25) is 0 Å². The second kappa shape index (κ2) is 4.28. The van der Waals surface area contributed by atoms with Crippen LogP contribution in [-0.4, -0.2) is 10.2 Å². The van der Waals surface area contributed by atoms with Crippen molar-refractivity contribution in [3.63, 3.8) is 0 Å². The standard InChI is InChI=1S/C13H13F2N2/c1-4-10-11(14)5-9(6-12(10)15)13-7(2)16-17-8(13)3/h5-6H,1,4H2,2-3H3,(H,16,17). The largest absolute Gasteiger partial charge is 0.282 e. The Morgan fingerprint density at radius 3 is 2.24 bits per heavy atom. The van der Waals surface area contributed by atoms with Gasteiger partial charge in [0.1, 0.15) is 11.6 Å². The van der Waals surface area contributed by atoms with Crippen molar-refractivity contribution in [2.24, 2.45) is 0 Å². The lowest BCUT2D eigenvalue weighted by atomic mass is 10.0. The van der Waals surface area contributed by atoms with E-state index >= 15 is 0 Å². The number of halogens is 2. The van der Waals surface area contributed by atoms with Crippen LogP contribution in [0.4, 0.5) is 8.78 Å². The van der Waals surface area contributed by atoms with Crippen LogP contribution in [0.3, 0.4) is 0 Å². The highest BCUT2D eigenvalue weighted by Crippen LogP contribution is 2.28. The van der Waals surface area contributed by atoms with Gasteiger partial charge in [-0.3, -0.25) is 5.10 Å². The summed E-state index contributed by atoms with van der Waals surface area (Å²) in [5, 5.41) is 6.81. The SMILES string of the molecule is [CH2]Cc1c(F)cc(-c2c(C)n[nH]c2C)cc1F. The van der Waals surface area contributed by atoms with Gasteiger partial charge >= 0.3 is 0 Å². The quantitative estimate of drug-likeness (QED) is 0.849. The van der Waals surface area contributed by atoms with Gasteiger partial charge < -0.3 is 0 Å². The van der Waals surface area contributed by atoms with Crippen LogP contribution < -0.4 is 0 Å². The highest BCUT2D eigenvalue weighted by atomic mass is 19.1. The molecule has 1 radical (unpaired) electrons. The third kappa shape index (κ3) is 1.95. The van der Waals surface area contributed by atoms with Crippen LogP contribution >= 0.6 is 0 Å². The molecular formula is C13H13F2N2. The zero-order valence-electron chi connectivity index (χ0n) is 9.77. The van der Waals surface area contributed by atoms with E-state index in [1.807, 2.05) is 6.92 Å². The number of nitrogens with zero attached hydrogens (tertiary/aromatic N) is 1. The number of nitrogens with one attached hydrogen (secondary N) is 1. The minimum absolute atomic E-state index is 0.0209. The molecule has 0 fully saturated rings. The third-order valence-corrected chi connectivity index (χ3v) is 2.81. The molecule has 2 nitrogen and oxygen atoms in total. The molecule has 0 aliphatic carbocycles. The van der Waals surface area contributed by atoms with E-state index in [1.165, 1.54) is 12.1 Å². The van der Waals surface area contributed by atoms with E-state index in [4.69, 9.17) is 0 Å². The maximum atomic E-state index is 13.7. The van der Waals surface area contributed by atoms with Crippen molar-refractivity contribution in [3.05, 3.63) is 47.6 Å². The maximum Gasteiger partial charge on any atom is 0.129 e. The number of hydrogen-bond donors (Lipinski definition) is 1.